The molecule has 0 amide bonds. The Bertz CT molecular complexity index is 722. The summed E-state index contributed by atoms with van der Waals surface area (Å²) in [4.78, 5) is 4.45. The molecule has 0 aliphatic carbocycles. The fourth-order valence-corrected chi connectivity index (χ4v) is 2.85. The number of pyridine rings is 1. The highest BCUT2D eigenvalue weighted by Gasteiger charge is 2.13. The van der Waals surface area contributed by atoms with Crippen LogP contribution in [0.5, 0.6) is 0 Å². The van der Waals surface area contributed by atoms with E-state index in [1.807, 2.05) is 12.1 Å². The van der Waals surface area contributed by atoms with E-state index in [4.69, 9.17) is 11.6 Å². The van der Waals surface area contributed by atoms with Crippen LogP contribution in [0.25, 0.3) is 16.9 Å². The number of nitrogens with zero attached hydrogens (tertiary/aromatic N) is 2. The minimum Gasteiger partial charge on any atom is -0.263 e. The van der Waals surface area contributed by atoms with E-state index in [9.17, 15) is 4.39 Å². The fraction of sp³-hybridized carbons (Fsp3) is 0. The third-order valence-electron chi connectivity index (χ3n) is 2.66. The molecule has 0 atom stereocenters. The third-order valence-corrected chi connectivity index (χ3v) is 3.90. The van der Waals surface area contributed by atoms with Gasteiger partial charge in [0.25, 0.3) is 0 Å². The lowest BCUT2D eigenvalue weighted by Gasteiger charge is -1.99. The van der Waals surface area contributed by atoms with E-state index < -0.39 is 0 Å². The standard InChI is InChI=1S/C13H7ClFIN2/c14-9-6-4-8(5-7-9)12-13(16)18-10(15)2-1-3-11(18)17-12/h1-7H. The molecule has 0 unspecified atom stereocenters. The molecular formula is C13H7ClFIN2. The zero-order valence-electron chi connectivity index (χ0n) is 9.07. The summed E-state index contributed by atoms with van der Waals surface area (Å²) in [5.74, 6) is -0.315. The Labute approximate surface area is 122 Å². The number of aromatic nitrogens is 2. The van der Waals surface area contributed by atoms with Crippen LogP contribution in [-0.4, -0.2) is 9.38 Å². The summed E-state index contributed by atoms with van der Waals surface area (Å²) in [5.41, 5.74) is 2.29. The van der Waals surface area contributed by atoms with Crippen molar-refractivity contribution in [3.63, 3.8) is 0 Å². The summed E-state index contributed by atoms with van der Waals surface area (Å²) in [7, 11) is 0. The van der Waals surface area contributed by atoms with Crippen molar-refractivity contribution in [2.75, 3.05) is 0 Å². The summed E-state index contributed by atoms with van der Waals surface area (Å²) in [6, 6.07) is 12.2. The quantitative estimate of drug-likeness (QED) is 0.457. The lowest BCUT2D eigenvalue weighted by molar-refractivity contribution is 0.564. The van der Waals surface area contributed by atoms with Gasteiger partial charge >= 0.3 is 0 Å². The molecule has 0 N–H and O–H groups in total. The lowest BCUT2D eigenvalue weighted by atomic mass is 10.2. The zero-order valence-corrected chi connectivity index (χ0v) is 12.0. The van der Waals surface area contributed by atoms with E-state index in [-0.39, 0.29) is 5.95 Å². The summed E-state index contributed by atoms with van der Waals surface area (Å²) in [5, 5.41) is 0.670. The molecule has 0 aliphatic rings. The molecule has 0 radical (unpaired) electrons. The maximum atomic E-state index is 13.7. The van der Waals surface area contributed by atoms with Crippen molar-refractivity contribution in [1.82, 2.24) is 9.38 Å². The molecule has 90 valence electrons. The SMILES string of the molecule is Fc1cccc2nc(-c3ccc(Cl)cc3)c(I)n12. The van der Waals surface area contributed by atoms with Crippen molar-refractivity contribution < 1.29 is 4.39 Å². The molecule has 0 aliphatic heterocycles. The van der Waals surface area contributed by atoms with E-state index in [1.165, 1.54) is 10.5 Å². The van der Waals surface area contributed by atoms with Crippen LogP contribution >= 0.6 is 34.2 Å². The molecule has 0 spiro atoms. The first-order valence-corrected chi connectivity index (χ1v) is 6.71. The van der Waals surface area contributed by atoms with Gasteiger partial charge in [-0.1, -0.05) is 29.8 Å². The maximum absolute atomic E-state index is 13.7. The first kappa shape index (κ1) is 11.9. The minimum absolute atomic E-state index is 0.315. The lowest BCUT2D eigenvalue weighted by Crippen LogP contribution is -1.93. The van der Waals surface area contributed by atoms with Gasteiger partial charge in [0.1, 0.15) is 15.0 Å². The Kier molecular flexibility index (Phi) is 2.99. The van der Waals surface area contributed by atoms with E-state index in [0.717, 1.165) is 15.0 Å². The highest BCUT2D eigenvalue weighted by Crippen LogP contribution is 2.27. The molecule has 2 heterocycles. The topological polar surface area (TPSA) is 17.3 Å². The Morgan fingerprint density at radius 2 is 1.83 bits per heavy atom. The molecule has 2 nitrogen and oxygen atoms in total. The van der Waals surface area contributed by atoms with Crippen molar-refractivity contribution in [2.45, 2.75) is 0 Å². The predicted octanol–water partition coefficient (Wildman–Crippen LogP) is 4.40. The molecule has 0 bridgehead atoms. The van der Waals surface area contributed by atoms with Gasteiger partial charge in [-0.3, -0.25) is 4.40 Å². The van der Waals surface area contributed by atoms with Gasteiger partial charge in [-0.15, -0.1) is 0 Å². The van der Waals surface area contributed by atoms with Crippen molar-refractivity contribution in [1.29, 1.82) is 0 Å². The van der Waals surface area contributed by atoms with E-state index in [2.05, 4.69) is 27.6 Å². The van der Waals surface area contributed by atoms with Crippen LogP contribution in [-0.2, 0) is 0 Å². The number of hydrogen-bond acceptors (Lipinski definition) is 1. The Morgan fingerprint density at radius 3 is 2.50 bits per heavy atom. The van der Waals surface area contributed by atoms with Crippen molar-refractivity contribution in [3.8, 4) is 11.3 Å². The summed E-state index contributed by atoms with van der Waals surface area (Å²) in [6.45, 7) is 0. The smallest absolute Gasteiger partial charge is 0.200 e. The minimum atomic E-state index is -0.315. The van der Waals surface area contributed by atoms with Crippen molar-refractivity contribution in [3.05, 3.63) is 57.1 Å². The molecule has 2 aromatic heterocycles. The van der Waals surface area contributed by atoms with Gasteiger partial charge in [0.15, 0.2) is 5.95 Å². The van der Waals surface area contributed by atoms with Crippen LogP contribution < -0.4 is 0 Å². The van der Waals surface area contributed by atoms with Gasteiger partial charge < -0.3 is 0 Å². The van der Waals surface area contributed by atoms with Gasteiger partial charge in [-0.2, -0.15) is 4.39 Å². The van der Waals surface area contributed by atoms with E-state index in [1.54, 1.807) is 24.3 Å². The van der Waals surface area contributed by atoms with Gasteiger partial charge in [0, 0.05) is 10.6 Å². The molecular weight excluding hydrogens is 366 g/mol. The largest absolute Gasteiger partial charge is 0.263 e. The second-order valence-electron chi connectivity index (χ2n) is 3.80. The Balaban J connectivity index is 2.27. The number of rotatable bonds is 1. The van der Waals surface area contributed by atoms with Gasteiger partial charge in [-0.05, 0) is 46.9 Å². The predicted molar refractivity (Wildman–Crippen MR) is 78.3 cm³/mol. The Morgan fingerprint density at radius 1 is 1.11 bits per heavy atom. The van der Waals surface area contributed by atoms with Crippen LogP contribution in [0, 0.1) is 9.65 Å². The maximum Gasteiger partial charge on any atom is 0.200 e. The normalized spacial score (nSPS) is 11.1. The van der Waals surface area contributed by atoms with Crippen LogP contribution in [0.2, 0.25) is 5.02 Å². The average molecular weight is 373 g/mol. The molecule has 0 saturated carbocycles. The third kappa shape index (κ3) is 1.89. The van der Waals surface area contributed by atoms with Crippen molar-refractivity contribution in [2.24, 2.45) is 0 Å². The molecule has 1 aromatic carbocycles. The van der Waals surface area contributed by atoms with Crippen LogP contribution in [0.3, 0.4) is 0 Å². The van der Waals surface area contributed by atoms with Gasteiger partial charge in [0.2, 0.25) is 0 Å². The van der Waals surface area contributed by atoms with Crippen molar-refractivity contribution >= 4 is 39.8 Å². The van der Waals surface area contributed by atoms with E-state index in [0.29, 0.717) is 10.7 Å². The second-order valence-corrected chi connectivity index (χ2v) is 5.26. The number of halogens is 3. The average Bonchev–Trinajstić information content (AvgIpc) is 2.69. The van der Waals surface area contributed by atoms with Gasteiger partial charge in [0.05, 0.1) is 0 Å². The number of hydrogen-bond donors (Lipinski definition) is 0. The van der Waals surface area contributed by atoms with Crippen LogP contribution in [0.1, 0.15) is 0 Å². The molecule has 0 saturated heterocycles. The highest BCUT2D eigenvalue weighted by molar-refractivity contribution is 14.1. The molecule has 3 rings (SSSR count). The summed E-state index contributed by atoms with van der Waals surface area (Å²) in [6.07, 6.45) is 0. The summed E-state index contributed by atoms with van der Waals surface area (Å²) >= 11 is 7.95. The van der Waals surface area contributed by atoms with Crippen LogP contribution in [0.15, 0.2) is 42.5 Å². The Hall–Kier alpha value is -1.14. The van der Waals surface area contributed by atoms with Crippen LogP contribution in [0.4, 0.5) is 4.39 Å². The number of fused-ring (bicyclic) bond motifs is 1. The van der Waals surface area contributed by atoms with Gasteiger partial charge in [-0.25, -0.2) is 4.98 Å². The first-order chi connectivity index (χ1) is 8.66. The fourth-order valence-electron chi connectivity index (χ4n) is 1.81. The number of benzene rings is 1. The molecule has 18 heavy (non-hydrogen) atoms. The molecule has 3 aromatic rings. The summed E-state index contributed by atoms with van der Waals surface area (Å²) < 4.78 is 16.0. The zero-order chi connectivity index (χ0) is 12.7. The highest BCUT2D eigenvalue weighted by atomic mass is 127. The molecule has 5 heteroatoms. The number of imidazole rings is 1. The second kappa shape index (κ2) is 4.51. The molecule has 0 fully saturated rings. The van der Waals surface area contributed by atoms with E-state index >= 15 is 0 Å². The first-order valence-electron chi connectivity index (χ1n) is 5.25. The monoisotopic (exact) mass is 372 g/mol.